The van der Waals surface area contributed by atoms with E-state index in [1.165, 1.54) is 54.1 Å². The van der Waals surface area contributed by atoms with Crippen LogP contribution in [-0.4, -0.2) is 83.5 Å². The lowest BCUT2D eigenvalue weighted by atomic mass is 10.2. The molecule has 0 aliphatic rings. The summed E-state index contributed by atoms with van der Waals surface area (Å²) in [4.78, 5) is 18.1. The van der Waals surface area contributed by atoms with Crippen LogP contribution in [0.25, 0.3) is 10.2 Å². The van der Waals surface area contributed by atoms with Crippen molar-refractivity contribution in [2.75, 3.05) is 60.3 Å². The van der Waals surface area contributed by atoms with E-state index in [4.69, 9.17) is 18.9 Å². The van der Waals surface area contributed by atoms with Crippen molar-refractivity contribution >= 4 is 37.5 Å². The van der Waals surface area contributed by atoms with E-state index >= 15 is 0 Å². The van der Waals surface area contributed by atoms with E-state index in [-0.39, 0.29) is 36.8 Å². The van der Waals surface area contributed by atoms with E-state index in [0.717, 1.165) is 16.0 Å². The van der Waals surface area contributed by atoms with Crippen LogP contribution in [0.4, 0.5) is 0 Å². The maximum absolute atomic E-state index is 13.1. The average molecular weight is 566 g/mol. The van der Waals surface area contributed by atoms with Gasteiger partial charge >= 0.3 is 0 Å². The van der Waals surface area contributed by atoms with Gasteiger partial charge in [0.1, 0.15) is 5.75 Å². The summed E-state index contributed by atoms with van der Waals surface area (Å²) in [6.07, 6.45) is 0. The van der Waals surface area contributed by atoms with Crippen LogP contribution in [0.3, 0.4) is 0 Å². The number of hydrogen-bond donors (Lipinski definition) is 0. The molecule has 0 aliphatic heterocycles. The Balaban J connectivity index is 1.92. The number of sulfonamides is 1. The van der Waals surface area contributed by atoms with E-state index in [9.17, 15) is 13.2 Å². The highest BCUT2D eigenvalue weighted by molar-refractivity contribution is 7.89. The lowest BCUT2D eigenvalue weighted by Crippen LogP contribution is -2.36. The van der Waals surface area contributed by atoms with Crippen molar-refractivity contribution in [2.45, 2.75) is 25.3 Å². The Morgan fingerprint density at radius 2 is 1.66 bits per heavy atom. The summed E-state index contributed by atoms with van der Waals surface area (Å²) in [6.45, 7) is 6.90. The normalized spacial score (nSPS) is 12.5. The van der Waals surface area contributed by atoms with Crippen LogP contribution >= 0.6 is 11.3 Å². The molecule has 10 nitrogen and oxygen atoms in total. The number of nitrogens with zero attached hydrogens (tertiary/aromatic N) is 3. The Morgan fingerprint density at radius 3 is 2.26 bits per heavy atom. The number of rotatable bonds is 15. The minimum Gasteiger partial charge on any atom is -0.494 e. The highest BCUT2D eigenvalue weighted by Crippen LogP contribution is 2.24. The van der Waals surface area contributed by atoms with Gasteiger partial charge < -0.3 is 23.5 Å². The maximum Gasteiger partial charge on any atom is 0.279 e. The van der Waals surface area contributed by atoms with E-state index in [1.54, 1.807) is 0 Å². The molecule has 0 bridgehead atoms. The number of thiazole rings is 1. The molecule has 38 heavy (non-hydrogen) atoms. The predicted octanol–water partition coefficient (Wildman–Crippen LogP) is 3.16. The van der Waals surface area contributed by atoms with Gasteiger partial charge in [0.05, 0.1) is 41.5 Å². The van der Waals surface area contributed by atoms with Gasteiger partial charge in [-0.25, -0.2) is 8.42 Å². The second kappa shape index (κ2) is 14.5. The summed E-state index contributed by atoms with van der Waals surface area (Å²) in [7, 11) is -0.761. The number of benzene rings is 2. The van der Waals surface area contributed by atoms with Gasteiger partial charge in [0.15, 0.2) is 4.80 Å². The molecular weight excluding hydrogens is 530 g/mol. The van der Waals surface area contributed by atoms with Crippen LogP contribution in [0.15, 0.2) is 52.4 Å². The third-order valence-electron chi connectivity index (χ3n) is 5.65. The molecule has 1 amide bonds. The molecule has 0 saturated carbocycles. The molecule has 12 heteroatoms. The minimum atomic E-state index is -3.79. The highest BCUT2D eigenvalue weighted by atomic mass is 32.2. The topological polar surface area (TPSA) is 109 Å². The van der Waals surface area contributed by atoms with Gasteiger partial charge in [0.2, 0.25) is 10.0 Å². The summed E-state index contributed by atoms with van der Waals surface area (Å²) in [5, 5.41) is 0. The maximum atomic E-state index is 13.1. The van der Waals surface area contributed by atoms with Crippen LogP contribution in [-0.2, 0) is 30.8 Å². The van der Waals surface area contributed by atoms with E-state index in [2.05, 4.69) is 4.99 Å². The fraction of sp³-hybridized carbons (Fsp3) is 0.462. The van der Waals surface area contributed by atoms with Crippen molar-refractivity contribution in [2.24, 2.45) is 4.99 Å². The van der Waals surface area contributed by atoms with E-state index in [0.29, 0.717) is 31.2 Å². The zero-order chi connectivity index (χ0) is 27.5. The third-order valence-corrected chi connectivity index (χ3v) is 8.61. The number of hydrogen-bond acceptors (Lipinski definition) is 8. The number of aromatic nitrogens is 1. The first-order valence-corrected chi connectivity index (χ1v) is 14.6. The number of ether oxygens (including phenoxy) is 4. The Kier molecular flexibility index (Phi) is 11.4. The van der Waals surface area contributed by atoms with E-state index < -0.39 is 15.9 Å². The quantitative estimate of drug-likeness (QED) is 0.261. The average Bonchev–Trinajstić information content (AvgIpc) is 3.25. The Morgan fingerprint density at radius 1 is 0.974 bits per heavy atom. The summed E-state index contributed by atoms with van der Waals surface area (Å²) in [5.41, 5.74) is 1.21. The molecule has 0 saturated heterocycles. The Bertz CT molecular complexity index is 1360. The van der Waals surface area contributed by atoms with Gasteiger partial charge in [-0.3, -0.25) is 4.79 Å². The smallest absolute Gasteiger partial charge is 0.279 e. The Labute approximate surface area is 227 Å². The molecule has 3 rings (SSSR count). The van der Waals surface area contributed by atoms with Crippen LogP contribution < -0.4 is 9.54 Å². The molecule has 0 radical (unpaired) electrons. The predicted molar refractivity (Wildman–Crippen MR) is 146 cm³/mol. The molecule has 0 fully saturated rings. The fourth-order valence-electron chi connectivity index (χ4n) is 3.72. The molecule has 1 heterocycles. The number of amides is 1. The first kappa shape index (κ1) is 29.9. The number of methoxy groups -OCH3 is 2. The standard InChI is InChI=1S/C26H35N3O7S2/c1-5-35-18-15-29-23-12-9-21(36-6-2)19-24(23)37-26(29)27-25(30)20-7-10-22(11-8-20)38(31,32)28(13-16-33-3)14-17-34-4/h7-12,19H,5-6,13-18H2,1-4H3. The summed E-state index contributed by atoms with van der Waals surface area (Å²) in [5.74, 6) is 0.282. The van der Waals surface area contributed by atoms with Crippen LogP contribution in [0.5, 0.6) is 5.75 Å². The SMILES string of the molecule is CCOCCn1c(=NC(=O)c2ccc(S(=O)(=O)N(CCOC)CCOC)cc2)sc2cc(OCC)ccc21. The van der Waals surface area contributed by atoms with E-state index in [1.807, 2.05) is 36.6 Å². The van der Waals surface area contributed by atoms with Crippen molar-refractivity contribution < 1.29 is 32.2 Å². The molecule has 0 spiro atoms. The molecule has 3 aromatic rings. The van der Waals surface area contributed by atoms with Gasteiger partial charge in [0.25, 0.3) is 5.91 Å². The largest absolute Gasteiger partial charge is 0.494 e. The zero-order valence-electron chi connectivity index (χ0n) is 22.2. The van der Waals surface area contributed by atoms with Crippen molar-refractivity contribution in [3.63, 3.8) is 0 Å². The van der Waals surface area contributed by atoms with Crippen LogP contribution in [0, 0.1) is 0 Å². The van der Waals surface area contributed by atoms with Crippen molar-refractivity contribution in [1.82, 2.24) is 8.87 Å². The summed E-state index contributed by atoms with van der Waals surface area (Å²) >= 11 is 1.39. The monoisotopic (exact) mass is 565 g/mol. The van der Waals surface area contributed by atoms with Crippen LogP contribution in [0.1, 0.15) is 24.2 Å². The molecule has 1 aromatic heterocycles. The summed E-state index contributed by atoms with van der Waals surface area (Å²) in [6, 6.07) is 11.6. The fourth-order valence-corrected chi connectivity index (χ4v) is 6.21. The van der Waals surface area contributed by atoms with Crippen molar-refractivity contribution in [1.29, 1.82) is 0 Å². The van der Waals surface area contributed by atoms with Gasteiger partial charge in [-0.05, 0) is 56.3 Å². The molecule has 0 aliphatic carbocycles. The van der Waals surface area contributed by atoms with Gasteiger partial charge in [-0.1, -0.05) is 11.3 Å². The number of fused-ring (bicyclic) bond motifs is 1. The highest BCUT2D eigenvalue weighted by Gasteiger charge is 2.24. The molecule has 0 atom stereocenters. The van der Waals surface area contributed by atoms with Gasteiger partial charge in [0, 0.05) is 46.0 Å². The molecular formula is C26H35N3O7S2. The van der Waals surface area contributed by atoms with Crippen molar-refractivity contribution in [3.8, 4) is 5.75 Å². The van der Waals surface area contributed by atoms with Crippen molar-refractivity contribution in [3.05, 3.63) is 52.8 Å². The Hall–Kier alpha value is -2.61. The summed E-state index contributed by atoms with van der Waals surface area (Å²) < 4.78 is 51.7. The molecule has 208 valence electrons. The zero-order valence-corrected chi connectivity index (χ0v) is 23.8. The van der Waals surface area contributed by atoms with Gasteiger partial charge in [-0.2, -0.15) is 9.30 Å². The second-order valence-corrected chi connectivity index (χ2v) is 11.1. The molecule has 0 unspecified atom stereocenters. The first-order valence-electron chi connectivity index (χ1n) is 12.4. The molecule has 2 aromatic carbocycles. The van der Waals surface area contributed by atoms with Gasteiger partial charge in [-0.15, -0.1) is 0 Å². The lowest BCUT2D eigenvalue weighted by molar-refractivity contribution is 0.0996. The third kappa shape index (κ3) is 7.49. The van der Waals surface area contributed by atoms with Crippen LogP contribution in [0.2, 0.25) is 0 Å². The second-order valence-electron chi connectivity index (χ2n) is 8.13. The lowest BCUT2D eigenvalue weighted by Gasteiger charge is -2.21. The minimum absolute atomic E-state index is 0.0818. The first-order chi connectivity index (χ1) is 18.3. The molecule has 0 N–H and O–H groups in total. The number of carbonyl (C=O) groups excluding carboxylic acids is 1. The number of carbonyl (C=O) groups is 1.